The number of hydrogen-bond acceptors (Lipinski definition) is 4. The van der Waals surface area contributed by atoms with E-state index in [-0.39, 0.29) is 17.1 Å². The standard InChI is InChI=1S/C11H10N2O3/c12-13-11(16)9-8(14)5-6-3-1-2-4-7(6)10(9)15/h1-5,14-15H,12H2,(H,13,16). The Morgan fingerprint density at radius 3 is 2.62 bits per heavy atom. The molecule has 1 amide bonds. The normalized spacial score (nSPS) is 10.3. The summed E-state index contributed by atoms with van der Waals surface area (Å²) in [6.45, 7) is 0. The highest BCUT2D eigenvalue weighted by Crippen LogP contribution is 2.35. The van der Waals surface area contributed by atoms with E-state index in [1.165, 1.54) is 6.07 Å². The molecule has 0 saturated carbocycles. The van der Waals surface area contributed by atoms with Crippen LogP contribution in [-0.4, -0.2) is 16.1 Å². The topological polar surface area (TPSA) is 95.6 Å². The number of carbonyl (C=O) groups is 1. The van der Waals surface area contributed by atoms with E-state index < -0.39 is 5.91 Å². The number of hydrogen-bond donors (Lipinski definition) is 4. The summed E-state index contributed by atoms with van der Waals surface area (Å²) in [7, 11) is 0. The van der Waals surface area contributed by atoms with Gasteiger partial charge in [-0.1, -0.05) is 24.3 Å². The van der Waals surface area contributed by atoms with Crippen LogP contribution in [0, 0.1) is 0 Å². The first kappa shape index (κ1) is 10.3. The SMILES string of the molecule is NNC(=O)c1c(O)cc2ccccc2c1O. The Labute approximate surface area is 91.1 Å². The summed E-state index contributed by atoms with van der Waals surface area (Å²) >= 11 is 0. The number of nitrogen functional groups attached to an aromatic ring is 1. The highest BCUT2D eigenvalue weighted by atomic mass is 16.3. The molecule has 5 nitrogen and oxygen atoms in total. The van der Waals surface area contributed by atoms with Crippen LogP contribution in [0.1, 0.15) is 10.4 Å². The zero-order chi connectivity index (χ0) is 11.7. The minimum Gasteiger partial charge on any atom is -0.507 e. The fourth-order valence-electron chi connectivity index (χ4n) is 1.61. The summed E-state index contributed by atoms with van der Waals surface area (Å²) in [5, 5.41) is 20.6. The predicted molar refractivity (Wildman–Crippen MR) is 58.9 cm³/mol. The summed E-state index contributed by atoms with van der Waals surface area (Å²) in [6, 6.07) is 8.27. The Kier molecular flexibility index (Phi) is 2.38. The first-order valence-corrected chi connectivity index (χ1v) is 4.59. The fraction of sp³-hybridized carbons (Fsp3) is 0. The number of phenolic OH excluding ortho intramolecular Hbond substituents is 2. The Morgan fingerprint density at radius 2 is 1.94 bits per heavy atom. The zero-order valence-corrected chi connectivity index (χ0v) is 8.27. The molecular weight excluding hydrogens is 208 g/mol. The molecule has 0 unspecified atom stereocenters. The third-order valence-corrected chi connectivity index (χ3v) is 2.36. The molecule has 0 bridgehead atoms. The van der Waals surface area contributed by atoms with Crippen molar-refractivity contribution in [3.8, 4) is 11.5 Å². The van der Waals surface area contributed by atoms with Crippen molar-refractivity contribution in [2.45, 2.75) is 0 Å². The summed E-state index contributed by atoms with van der Waals surface area (Å²) in [6.07, 6.45) is 0. The molecule has 0 atom stereocenters. The molecule has 16 heavy (non-hydrogen) atoms. The largest absolute Gasteiger partial charge is 0.507 e. The number of nitrogens with one attached hydrogen (secondary N) is 1. The number of aromatic hydroxyl groups is 2. The van der Waals surface area contributed by atoms with Crippen molar-refractivity contribution in [3.05, 3.63) is 35.9 Å². The van der Waals surface area contributed by atoms with Gasteiger partial charge < -0.3 is 10.2 Å². The molecular formula is C11H10N2O3. The molecule has 2 rings (SSSR count). The van der Waals surface area contributed by atoms with Crippen molar-refractivity contribution >= 4 is 16.7 Å². The quantitative estimate of drug-likeness (QED) is 0.324. The molecule has 0 aromatic heterocycles. The molecule has 0 fully saturated rings. The predicted octanol–water partition coefficient (Wildman–Crippen LogP) is 0.854. The van der Waals surface area contributed by atoms with Crippen LogP contribution in [0.2, 0.25) is 0 Å². The molecule has 0 spiro atoms. The van der Waals surface area contributed by atoms with Gasteiger partial charge in [-0.3, -0.25) is 10.2 Å². The molecule has 0 aliphatic heterocycles. The zero-order valence-electron chi connectivity index (χ0n) is 8.27. The molecule has 82 valence electrons. The molecule has 0 radical (unpaired) electrons. The lowest BCUT2D eigenvalue weighted by Crippen LogP contribution is -2.30. The third-order valence-electron chi connectivity index (χ3n) is 2.36. The Bertz CT molecular complexity index is 566. The van der Waals surface area contributed by atoms with E-state index in [9.17, 15) is 15.0 Å². The average Bonchev–Trinajstić information content (AvgIpc) is 2.28. The molecule has 2 aromatic carbocycles. The number of nitrogens with two attached hydrogens (primary N) is 1. The van der Waals surface area contributed by atoms with Crippen molar-refractivity contribution in [1.82, 2.24) is 5.43 Å². The van der Waals surface area contributed by atoms with Gasteiger partial charge in [0.25, 0.3) is 5.91 Å². The second kappa shape index (κ2) is 3.71. The van der Waals surface area contributed by atoms with Crippen LogP contribution in [-0.2, 0) is 0 Å². The Hall–Kier alpha value is -2.27. The smallest absolute Gasteiger partial charge is 0.272 e. The van der Waals surface area contributed by atoms with Gasteiger partial charge >= 0.3 is 0 Å². The van der Waals surface area contributed by atoms with Gasteiger partial charge in [-0.2, -0.15) is 0 Å². The van der Waals surface area contributed by atoms with E-state index in [1.807, 2.05) is 5.43 Å². The highest BCUT2D eigenvalue weighted by Gasteiger charge is 2.18. The van der Waals surface area contributed by atoms with Gasteiger partial charge in [0.05, 0.1) is 0 Å². The molecule has 5 N–H and O–H groups in total. The molecule has 0 heterocycles. The third kappa shape index (κ3) is 1.43. The van der Waals surface area contributed by atoms with Gasteiger partial charge in [-0.25, -0.2) is 5.84 Å². The number of hydrazine groups is 1. The summed E-state index contributed by atoms with van der Waals surface area (Å²) in [4.78, 5) is 11.3. The van der Waals surface area contributed by atoms with Gasteiger partial charge in [0.2, 0.25) is 0 Å². The Balaban J connectivity index is 2.80. The minimum absolute atomic E-state index is 0.221. The summed E-state index contributed by atoms with van der Waals surface area (Å²) in [5.74, 6) is 3.64. The minimum atomic E-state index is -0.735. The van der Waals surface area contributed by atoms with Gasteiger partial charge in [0.15, 0.2) is 0 Å². The number of rotatable bonds is 1. The maximum absolute atomic E-state index is 11.3. The summed E-state index contributed by atoms with van der Waals surface area (Å²) in [5.41, 5.74) is 1.65. The highest BCUT2D eigenvalue weighted by molar-refractivity contribution is 6.06. The fourth-order valence-corrected chi connectivity index (χ4v) is 1.61. The van der Waals surface area contributed by atoms with Crippen LogP contribution in [0.25, 0.3) is 10.8 Å². The van der Waals surface area contributed by atoms with Crippen molar-refractivity contribution in [1.29, 1.82) is 0 Å². The van der Waals surface area contributed by atoms with E-state index >= 15 is 0 Å². The van der Waals surface area contributed by atoms with E-state index in [0.717, 1.165) is 0 Å². The van der Waals surface area contributed by atoms with Crippen LogP contribution in [0.4, 0.5) is 0 Å². The molecule has 2 aromatic rings. The number of phenols is 2. The van der Waals surface area contributed by atoms with Gasteiger partial charge in [0.1, 0.15) is 17.1 Å². The van der Waals surface area contributed by atoms with Crippen molar-refractivity contribution in [3.63, 3.8) is 0 Å². The van der Waals surface area contributed by atoms with Crippen molar-refractivity contribution in [2.24, 2.45) is 5.84 Å². The van der Waals surface area contributed by atoms with Gasteiger partial charge in [-0.15, -0.1) is 0 Å². The maximum Gasteiger partial charge on any atom is 0.272 e. The van der Waals surface area contributed by atoms with Crippen LogP contribution in [0.3, 0.4) is 0 Å². The summed E-state index contributed by atoms with van der Waals surface area (Å²) < 4.78 is 0. The number of benzene rings is 2. The van der Waals surface area contributed by atoms with E-state index in [2.05, 4.69) is 0 Å². The molecule has 0 aliphatic carbocycles. The number of amides is 1. The first-order valence-electron chi connectivity index (χ1n) is 4.59. The lowest BCUT2D eigenvalue weighted by Gasteiger charge is -2.08. The lowest BCUT2D eigenvalue weighted by molar-refractivity contribution is 0.0948. The van der Waals surface area contributed by atoms with E-state index in [0.29, 0.717) is 10.8 Å². The average molecular weight is 218 g/mol. The van der Waals surface area contributed by atoms with Crippen LogP contribution < -0.4 is 11.3 Å². The lowest BCUT2D eigenvalue weighted by atomic mass is 10.0. The monoisotopic (exact) mass is 218 g/mol. The van der Waals surface area contributed by atoms with Crippen LogP contribution >= 0.6 is 0 Å². The van der Waals surface area contributed by atoms with E-state index in [4.69, 9.17) is 5.84 Å². The van der Waals surface area contributed by atoms with Crippen molar-refractivity contribution in [2.75, 3.05) is 0 Å². The number of fused-ring (bicyclic) bond motifs is 1. The number of carbonyl (C=O) groups excluding carboxylic acids is 1. The van der Waals surface area contributed by atoms with E-state index in [1.54, 1.807) is 24.3 Å². The van der Waals surface area contributed by atoms with Gasteiger partial charge in [-0.05, 0) is 11.5 Å². The van der Waals surface area contributed by atoms with Crippen molar-refractivity contribution < 1.29 is 15.0 Å². The van der Waals surface area contributed by atoms with Gasteiger partial charge in [0, 0.05) is 5.39 Å². The Morgan fingerprint density at radius 1 is 1.25 bits per heavy atom. The van der Waals surface area contributed by atoms with Crippen LogP contribution in [0.15, 0.2) is 30.3 Å². The molecule has 0 saturated heterocycles. The maximum atomic E-state index is 11.3. The first-order chi connectivity index (χ1) is 7.65. The van der Waals surface area contributed by atoms with Crippen LogP contribution in [0.5, 0.6) is 11.5 Å². The second-order valence-corrected chi connectivity index (χ2v) is 3.31. The molecule has 0 aliphatic rings. The second-order valence-electron chi connectivity index (χ2n) is 3.31. The molecule has 5 heteroatoms.